The maximum Gasteiger partial charge on any atom is 0.119 e. The van der Waals surface area contributed by atoms with Crippen LogP contribution in [0.3, 0.4) is 0 Å². The van der Waals surface area contributed by atoms with Gasteiger partial charge in [-0.25, -0.2) is 0 Å². The number of nitrogens with two attached hydrogens (primary N) is 1. The quantitative estimate of drug-likeness (QED) is 0.600. The van der Waals surface area contributed by atoms with Crippen molar-refractivity contribution in [1.29, 1.82) is 0 Å². The first kappa shape index (κ1) is 14.6. The molecule has 3 heteroatoms. The maximum atomic E-state index is 5.72. The van der Waals surface area contributed by atoms with Crippen LogP contribution in [0, 0.1) is 0 Å². The normalized spacial score (nSPS) is 12.1. The van der Waals surface area contributed by atoms with Crippen LogP contribution >= 0.6 is 0 Å². The van der Waals surface area contributed by atoms with Gasteiger partial charge in [0.05, 0.1) is 6.61 Å². The molecule has 0 spiro atoms. The predicted octanol–water partition coefficient (Wildman–Crippen LogP) is 3.22. The molecule has 3 N–H and O–H groups in total. The molecule has 2 aromatic carbocycles. The third kappa shape index (κ3) is 4.08. The van der Waals surface area contributed by atoms with Crippen LogP contribution in [0.15, 0.2) is 54.6 Å². The minimum absolute atomic E-state index is 0.116. The zero-order valence-corrected chi connectivity index (χ0v) is 11.9. The molecule has 0 aliphatic heterocycles. The molecule has 3 nitrogen and oxygen atoms in total. The number of rotatable bonds is 7. The zero-order chi connectivity index (χ0) is 14.2. The lowest BCUT2D eigenvalue weighted by molar-refractivity contribution is 0.287. The molecule has 1 atom stereocenters. The van der Waals surface area contributed by atoms with E-state index in [1.54, 1.807) is 0 Å². The fourth-order valence-corrected chi connectivity index (χ4v) is 2.19. The Morgan fingerprint density at radius 1 is 1.10 bits per heavy atom. The van der Waals surface area contributed by atoms with Gasteiger partial charge in [0.1, 0.15) is 5.75 Å². The minimum atomic E-state index is 0.116. The number of hydrogen-bond donors (Lipinski definition) is 2. The molecule has 106 valence electrons. The van der Waals surface area contributed by atoms with Gasteiger partial charge in [-0.1, -0.05) is 49.4 Å². The van der Waals surface area contributed by atoms with Gasteiger partial charge in [0, 0.05) is 12.5 Å². The molecule has 1 unspecified atom stereocenters. The van der Waals surface area contributed by atoms with Gasteiger partial charge in [-0.3, -0.25) is 11.3 Å². The van der Waals surface area contributed by atoms with Crippen LogP contribution in [0.2, 0.25) is 0 Å². The van der Waals surface area contributed by atoms with Crippen molar-refractivity contribution in [2.75, 3.05) is 6.61 Å². The first-order chi connectivity index (χ1) is 9.83. The van der Waals surface area contributed by atoms with Gasteiger partial charge in [-0.05, 0) is 29.7 Å². The van der Waals surface area contributed by atoms with E-state index in [2.05, 4.69) is 36.6 Å². The SMILES string of the molecule is CCc1cccc(C(CCOc2ccccc2)NN)c1. The van der Waals surface area contributed by atoms with Crippen molar-refractivity contribution in [1.82, 2.24) is 5.43 Å². The Balaban J connectivity index is 1.91. The topological polar surface area (TPSA) is 47.3 Å². The molecule has 0 saturated heterocycles. The van der Waals surface area contributed by atoms with E-state index in [0.717, 1.165) is 18.6 Å². The summed E-state index contributed by atoms with van der Waals surface area (Å²) in [4.78, 5) is 0. The lowest BCUT2D eigenvalue weighted by Gasteiger charge is -2.17. The summed E-state index contributed by atoms with van der Waals surface area (Å²) in [6.45, 7) is 2.79. The van der Waals surface area contributed by atoms with E-state index < -0.39 is 0 Å². The Morgan fingerprint density at radius 3 is 2.60 bits per heavy atom. The summed E-state index contributed by atoms with van der Waals surface area (Å²) in [5.74, 6) is 6.56. The Labute approximate surface area is 120 Å². The summed E-state index contributed by atoms with van der Waals surface area (Å²) in [7, 11) is 0. The van der Waals surface area contributed by atoms with E-state index >= 15 is 0 Å². The lowest BCUT2D eigenvalue weighted by Crippen LogP contribution is -2.29. The Morgan fingerprint density at radius 2 is 1.90 bits per heavy atom. The molecule has 20 heavy (non-hydrogen) atoms. The highest BCUT2D eigenvalue weighted by Gasteiger charge is 2.10. The molecule has 0 aliphatic carbocycles. The van der Waals surface area contributed by atoms with E-state index in [0.29, 0.717) is 6.61 Å². The highest BCUT2D eigenvalue weighted by molar-refractivity contribution is 5.26. The second-order valence-electron chi connectivity index (χ2n) is 4.77. The average Bonchev–Trinajstić information content (AvgIpc) is 2.52. The first-order valence-corrected chi connectivity index (χ1v) is 7.06. The number of hydrogen-bond acceptors (Lipinski definition) is 3. The highest BCUT2D eigenvalue weighted by Crippen LogP contribution is 2.18. The van der Waals surface area contributed by atoms with E-state index in [9.17, 15) is 0 Å². The molecule has 2 aromatic rings. The van der Waals surface area contributed by atoms with Gasteiger partial charge < -0.3 is 4.74 Å². The van der Waals surface area contributed by atoms with Crippen molar-refractivity contribution in [3.05, 3.63) is 65.7 Å². The van der Waals surface area contributed by atoms with E-state index in [1.807, 2.05) is 30.3 Å². The van der Waals surface area contributed by atoms with Gasteiger partial charge in [0.2, 0.25) is 0 Å². The highest BCUT2D eigenvalue weighted by atomic mass is 16.5. The number of nitrogens with one attached hydrogen (secondary N) is 1. The molecule has 0 fully saturated rings. The number of aryl methyl sites for hydroxylation is 1. The molecule has 2 rings (SSSR count). The molecule has 0 aliphatic rings. The fourth-order valence-electron chi connectivity index (χ4n) is 2.19. The number of hydrazine groups is 1. The molecule has 0 aromatic heterocycles. The molecule has 0 amide bonds. The number of para-hydroxylation sites is 1. The van der Waals surface area contributed by atoms with Crippen LogP contribution in [0.4, 0.5) is 0 Å². The number of ether oxygens (including phenoxy) is 1. The third-order valence-corrected chi connectivity index (χ3v) is 3.38. The molecular weight excluding hydrogens is 248 g/mol. The predicted molar refractivity (Wildman–Crippen MR) is 82.4 cm³/mol. The summed E-state index contributed by atoms with van der Waals surface area (Å²) >= 11 is 0. The van der Waals surface area contributed by atoms with Gasteiger partial charge in [0.15, 0.2) is 0 Å². The summed E-state index contributed by atoms with van der Waals surface area (Å²) in [6, 6.07) is 18.5. The van der Waals surface area contributed by atoms with Crippen molar-refractivity contribution < 1.29 is 4.74 Å². The second kappa shape index (κ2) is 7.68. The smallest absolute Gasteiger partial charge is 0.119 e. The summed E-state index contributed by atoms with van der Waals surface area (Å²) in [5, 5.41) is 0. The molecule has 0 radical (unpaired) electrons. The van der Waals surface area contributed by atoms with Gasteiger partial charge >= 0.3 is 0 Å². The van der Waals surface area contributed by atoms with Crippen molar-refractivity contribution in [2.24, 2.45) is 5.84 Å². The van der Waals surface area contributed by atoms with Crippen molar-refractivity contribution in [3.63, 3.8) is 0 Å². The van der Waals surface area contributed by atoms with Crippen LogP contribution in [0.5, 0.6) is 5.75 Å². The van der Waals surface area contributed by atoms with Gasteiger partial charge in [0.25, 0.3) is 0 Å². The van der Waals surface area contributed by atoms with E-state index in [4.69, 9.17) is 10.6 Å². The summed E-state index contributed by atoms with van der Waals surface area (Å²) in [6.07, 6.45) is 1.87. The zero-order valence-electron chi connectivity index (χ0n) is 11.9. The van der Waals surface area contributed by atoms with E-state index in [1.165, 1.54) is 11.1 Å². The van der Waals surface area contributed by atoms with E-state index in [-0.39, 0.29) is 6.04 Å². The largest absolute Gasteiger partial charge is 0.494 e. The summed E-state index contributed by atoms with van der Waals surface area (Å²) in [5.41, 5.74) is 5.41. The van der Waals surface area contributed by atoms with Crippen LogP contribution in [-0.2, 0) is 6.42 Å². The first-order valence-electron chi connectivity index (χ1n) is 7.06. The third-order valence-electron chi connectivity index (χ3n) is 3.38. The van der Waals surface area contributed by atoms with Crippen LogP contribution in [0.1, 0.15) is 30.5 Å². The van der Waals surface area contributed by atoms with Crippen LogP contribution < -0.4 is 16.0 Å². The Hall–Kier alpha value is -1.84. The molecular formula is C17H22N2O. The fraction of sp³-hybridized carbons (Fsp3) is 0.294. The standard InChI is InChI=1S/C17H22N2O/c1-2-14-7-6-8-15(13-14)17(19-18)11-12-20-16-9-4-3-5-10-16/h3-10,13,17,19H,2,11-12,18H2,1H3. The van der Waals surface area contributed by atoms with Crippen LogP contribution in [0.25, 0.3) is 0 Å². The monoisotopic (exact) mass is 270 g/mol. The molecule has 0 bridgehead atoms. The van der Waals surface area contributed by atoms with Crippen molar-refractivity contribution >= 4 is 0 Å². The average molecular weight is 270 g/mol. The molecule has 0 saturated carbocycles. The lowest BCUT2D eigenvalue weighted by atomic mass is 10.0. The number of benzene rings is 2. The van der Waals surface area contributed by atoms with Crippen molar-refractivity contribution in [2.45, 2.75) is 25.8 Å². The maximum absolute atomic E-state index is 5.72. The van der Waals surface area contributed by atoms with Crippen LogP contribution in [-0.4, -0.2) is 6.61 Å². The molecule has 0 heterocycles. The van der Waals surface area contributed by atoms with Gasteiger partial charge in [-0.15, -0.1) is 0 Å². The Kier molecular flexibility index (Phi) is 5.59. The minimum Gasteiger partial charge on any atom is -0.494 e. The Bertz CT molecular complexity index is 513. The van der Waals surface area contributed by atoms with Gasteiger partial charge in [-0.2, -0.15) is 0 Å². The van der Waals surface area contributed by atoms with Crippen molar-refractivity contribution in [3.8, 4) is 5.75 Å². The second-order valence-corrected chi connectivity index (χ2v) is 4.77. The summed E-state index contributed by atoms with van der Waals surface area (Å²) < 4.78 is 5.72.